The molecule has 92 valence electrons. The van der Waals surface area contributed by atoms with Gasteiger partial charge in [-0.05, 0) is 12.1 Å². The second-order valence-corrected chi connectivity index (χ2v) is 3.63. The van der Waals surface area contributed by atoms with E-state index in [0.717, 1.165) is 11.4 Å². The molecule has 0 saturated heterocycles. The second kappa shape index (κ2) is 7.06. The molecule has 4 nitrogen and oxygen atoms in total. The van der Waals surface area contributed by atoms with Crippen LogP contribution in [-0.2, 0) is 6.54 Å². The van der Waals surface area contributed by atoms with Crippen LogP contribution in [0.3, 0.4) is 0 Å². The van der Waals surface area contributed by atoms with Crippen molar-refractivity contribution in [3.63, 3.8) is 0 Å². The second-order valence-electron chi connectivity index (χ2n) is 3.24. The van der Waals surface area contributed by atoms with E-state index in [4.69, 9.17) is 17.3 Å². The lowest BCUT2D eigenvalue weighted by atomic mass is 10.3. The molecule has 0 unspecified atom stereocenters. The Morgan fingerprint density at radius 3 is 2.59 bits per heavy atom. The number of nitrogens with two attached hydrogens (primary N) is 1. The van der Waals surface area contributed by atoms with E-state index >= 15 is 0 Å². The highest BCUT2D eigenvalue weighted by atomic mass is 35.5. The number of hydrogen-bond acceptors (Lipinski definition) is 3. The van der Waals surface area contributed by atoms with Crippen molar-refractivity contribution in [3.8, 4) is 0 Å². The molecular weight excluding hydrogens is 259 g/mol. The molecule has 0 bridgehead atoms. The van der Waals surface area contributed by atoms with E-state index in [2.05, 4.69) is 4.98 Å². The van der Waals surface area contributed by atoms with Gasteiger partial charge < -0.3 is 18.6 Å². The molecule has 0 spiro atoms. The fourth-order valence-electron chi connectivity index (χ4n) is 1.33. The Bertz CT molecular complexity index is 459. The molecule has 0 aliphatic rings. The van der Waals surface area contributed by atoms with E-state index in [1.807, 2.05) is 35.0 Å². The van der Waals surface area contributed by atoms with Crippen LogP contribution in [0.1, 0.15) is 5.56 Å². The Kier molecular flexibility index (Phi) is 6.50. The molecule has 2 aromatic heterocycles. The Morgan fingerprint density at radius 1 is 1.24 bits per heavy atom. The zero-order valence-corrected chi connectivity index (χ0v) is 10.7. The van der Waals surface area contributed by atoms with Crippen molar-refractivity contribution in [2.45, 2.75) is 6.54 Å². The third kappa shape index (κ3) is 4.19. The highest BCUT2D eigenvalue weighted by Gasteiger charge is 2.03. The van der Waals surface area contributed by atoms with E-state index in [0.29, 0.717) is 11.7 Å². The summed E-state index contributed by atoms with van der Waals surface area (Å²) in [6.07, 6.45) is 3.69. The lowest BCUT2D eigenvalue weighted by Crippen LogP contribution is -3.00. The summed E-state index contributed by atoms with van der Waals surface area (Å²) in [5.74, 6) is 0.729. The van der Waals surface area contributed by atoms with Crippen molar-refractivity contribution >= 4 is 17.4 Å². The van der Waals surface area contributed by atoms with Gasteiger partial charge in [0.1, 0.15) is 11.7 Å². The SMILES string of the molecule is N.Nc1cccc[n+]1Cc1ccc(Cl)nc1.[Cl-]. The fraction of sp³-hybridized carbons (Fsp3) is 0.0909. The monoisotopic (exact) mass is 272 g/mol. The smallest absolute Gasteiger partial charge is 0.272 e. The van der Waals surface area contributed by atoms with Gasteiger partial charge in [-0.25, -0.2) is 9.55 Å². The van der Waals surface area contributed by atoms with Crippen LogP contribution in [0, 0.1) is 0 Å². The van der Waals surface area contributed by atoms with Crippen molar-refractivity contribution in [1.82, 2.24) is 11.1 Å². The summed E-state index contributed by atoms with van der Waals surface area (Å²) in [4.78, 5) is 4.02. The average molecular weight is 273 g/mol. The number of hydrogen-bond donors (Lipinski definition) is 2. The van der Waals surface area contributed by atoms with Gasteiger partial charge >= 0.3 is 0 Å². The highest BCUT2D eigenvalue weighted by Crippen LogP contribution is 2.05. The van der Waals surface area contributed by atoms with Crippen LogP contribution in [0.4, 0.5) is 5.82 Å². The minimum Gasteiger partial charge on any atom is -1.00 e. The van der Waals surface area contributed by atoms with Crippen molar-refractivity contribution < 1.29 is 17.0 Å². The highest BCUT2D eigenvalue weighted by molar-refractivity contribution is 6.29. The Labute approximate surface area is 111 Å². The number of halogens is 2. The minimum absolute atomic E-state index is 0. The first-order valence-corrected chi connectivity index (χ1v) is 4.98. The summed E-state index contributed by atoms with van der Waals surface area (Å²) in [6, 6.07) is 9.43. The van der Waals surface area contributed by atoms with Gasteiger partial charge in [-0.2, -0.15) is 0 Å². The summed E-state index contributed by atoms with van der Waals surface area (Å²) in [5, 5.41) is 0.504. The zero-order valence-electron chi connectivity index (χ0n) is 9.18. The molecular formula is C11H14Cl2N4. The Balaban J connectivity index is 0.00000128. The third-order valence-electron chi connectivity index (χ3n) is 2.12. The standard InChI is InChI=1S/C11H10ClN3.ClH.H3N/c12-10-5-4-9(7-14-10)8-15-6-2-1-3-11(15)13;;/h1-7,13H,8H2;1H;1H3. The summed E-state index contributed by atoms with van der Waals surface area (Å²) in [5.41, 5.74) is 6.89. The maximum atomic E-state index is 5.81. The van der Waals surface area contributed by atoms with Crippen LogP contribution < -0.4 is 28.9 Å². The van der Waals surface area contributed by atoms with Crippen LogP contribution in [0.25, 0.3) is 0 Å². The zero-order chi connectivity index (χ0) is 10.7. The molecule has 0 aliphatic carbocycles. The molecule has 17 heavy (non-hydrogen) atoms. The molecule has 6 heteroatoms. The number of aromatic nitrogens is 2. The largest absolute Gasteiger partial charge is 1.00 e. The first kappa shape index (κ1) is 15.6. The molecule has 0 aliphatic heterocycles. The number of anilines is 1. The van der Waals surface area contributed by atoms with Crippen LogP contribution in [0.2, 0.25) is 5.15 Å². The molecule has 2 rings (SSSR count). The normalized spacial score (nSPS) is 9.00. The van der Waals surface area contributed by atoms with Gasteiger partial charge in [0.25, 0.3) is 5.82 Å². The van der Waals surface area contributed by atoms with Gasteiger partial charge in [-0.15, -0.1) is 0 Å². The topological polar surface area (TPSA) is 77.8 Å². The maximum Gasteiger partial charge on any atom is 0.272 e. The van der Waals surface area contributed by atoms with Gasteiger partial charge in [0.2, 0.25) is 0 Å². The molecule has 5 N–H and O–H groups in total. The predicted molar refractivity (Wildman–Crippen MR) is 64.4 cm³/mol. The lowest BCUT2D eigenvalue weighted by molar-refractivity contribution is -0.674. The van der Waals surface area contributed by atoms with E-state index in [-0.39, 0.29) is 18.6 Å². The maximum absolute atomic E-state index is 5.81. The Hall–Kier alpha value is -1.36. The molecule has 0 atom stereocenters. The number of nitrogens with zero attached hydrogens (tertiary/aromatic N) is 2. The molecule has 0 radical (unpaired) electrons. The van der Waals surface area contributed by atoms with Crippen LogP contribution >= 0.6 is 11.6 Å². The van der Waals surface area contributed by atoms with Crippen molar-refractivity contribution in [3.05, 3.63) is 53.4 Å². The fourth-order valence-corrected chi connectivity index (χ4v) is 1.44. The van der Waals surface area contributed by atoms with Gasteiger partial charge in [0.15, 0.2) is 0 Å². The first-order valence-electron chi connectivity index (χ1n) is 4.60. The van der Waals surface area contributed by atoms with Crippen LogP contribution in [-0.4, -0.2) is 4.98 Å². The molecule has 0 saturated carbocycles. The van der Waals surface area contributed by atoms with Gasteiger partial charge in [-0.1, -0.05) is 23.7 Å². The summed E-state index contributed by atoms with van der Waals surface area (Å²) < 4.78 is 1.95. The lowest BCUT2D eigenvalue weighted by Gasteiger charge is -2.02. The summed E-state index contributed by atoms with van der Waals surface area (Å²) >= 11 is 5.70. The molecule has 2 heterocycles. The van der Waals surface area contributed by atoms with Crippen molar-refractivity contribution in [2.24, 2.45) is 0 Å². The molecule has 0 amide bonds. The molecule has 0 aromatic carbocycles. The summed E-state index contributed by atoms with van der Waals surface area (Å²) in [6.45, 7) is 0.705. The number of nitrogen functional groups attached to an aromatic ring is 1. The minimum atomic E-state index is 0. The predicted octanol–water partition coefficient (Wildman–Crippen LogP) is -1.18. The van der Waals surface area contributed by atoms with E-state index in [9.17, 15) is 0 Å². The van der Waals surface area contributed by atoms with Crippen molar-refractivity contribution in [2.75, 3.05) is 5.73 Å². The summed E-state index contributed by atoms with van der Waals surface area (Å²) in [7, 11) is 0. The van der Waals surface area contributed by atoms with E-state index in [1.165, 1.54) is 0 Å². The van der Waals surface area contributed by atoms with Crippen molar-refractivity contribution in [1.29, 1.82) is 0 Å². The number of pyridine rings is 2. The number of rotatable bonds is 2. The van der Waals surface area contributed by atoms with Gasteiger partial charge in [0.05, 0.1) is 6.20 Å². The third-order valence-corrected chi connectivity index (χ3v) is 2.34. The molecule has 2 aromatic rings. The van der Waals surface area contributed by atoms with E-state index in [1.54, 1.807) is 12.3 Å². The van der Waals surface area contributed by atoms with Gasteiger partial charge in [0, 0.05) is 17.8 Å². The molecule has 0 fully saturated rings. The quantitative estimate of drug-likeness (QED) is 0.534. The first-order chi connectivity index (χ1) is 7.25. The van der Waals surface area contributed by atoms with Crippen LogP contribution in [0.15, 0.2) is 42.7 Å². The Morgan fingerprint density at radius 2 is 2.00 bits per heavy atom. The van der Waals surface area contributed by atoms with Gasteiger partial charge in [-0.3, -0.25) is 5.73 Å². The average Bonchev–Trinajstić information content (AvgIpc) is 2.25. The van der Waals surface area contributed by atoms with E-state index < -0.39 is 0 Å². The van der Waals surface area contributed by atoms with Crippen LogP contribution in [0.5, 0.6) is 0 Å².